The molecule has 1 heterocycles. The SMILES string of the molecule is CC(O)c1ccc(CCNC(=O)c2cc(Cl)ccc2Cl)s1. The topological polar surface area (TPSA) is 49.3 Å². The van der Waals surface area contributed by atoms with Crippen LogP contribution in [0.1, 0.15) is 33.1 Å². The highest BCUT2D eigenvalue weighted by Gasteiger charge is 2.11. The van der Waals surface area contributed by atoms with E-state index >= 15 is 0 Å². The second-order valence-electron chi connectivity index (χ2n) is 4.61. The van der Waals surface area contributed by atoms with E-state index in [4.69, 9.17) is 23.2 Å². The summed E-state index contributed by atoms with van der Waals surface area (Å²) in [5, 5.41) is 13.1. The van der Waals surface area contributed by atoms with E-state index in [0.717, 1.165) is 9.75 Å². The van der Waals surface area contributed by atoms with Crippen molar-refractivity contribution in [1.82, 2.24) is 5.32 Å². The number of hydrogen-bond acceptors (Lipinski definition) is 3. The van der Waals surface area contributed by atoms with Gasteiger partial charge in [-0.15, -0.1) is 11.3 Å². The Kier molecular flexibility index (Phi) is 5.65. The highest BCUT2D eigenvalue weighted by Crippen LogP contribution is 2.23. The lowest BCUT2D eigenvalue weighted by Crippen LogP contribution is -2.25. The number of aliphatic hydroxyl groups is 1. The zero-order valence-electron chi connectivity index (χ0n) is 11.4. The Morgan fingerprint density at radius 3 is 2.76 bits per heavy atom. The molecular weight excluding hydrogens is 329 g/mol. The van der Waals surface area contributed by atoms with Gasteiger partial charge in [0.05, 0.1) is 16.7 Å². The average Bonchev–Trinajstić information content (AvgIpc) is 2.90. The van der Waals surface area contributed by atoms with Crippen molar-refractivity contribution in [3.05, 3.63) is 55.7 Å². The summed E-state index contributed by atoms with van der Waals surface area (Å²) >= 11 is 13.4. The van der Waals surface area contributed by atoms with Crippen LogP contribution in [0.2, 0.25) is 10.0 Å². The number of thiophene rings is 1. The first-order valence-corrected chi connectivity index (χ1v) is 8.04. The van der Waals surface area contributed by atoms with Crippen LogP contribution in [0, 0.1) is 0 Å². The van der Waals surface area contributed by atoms with Crippen LogP contribution in [0.5, 0.6) is 0 Å². The van der Waals surface area contributed by atoms with Gasteiger partial charge < -0.3 is 10.4 Å². The maximum absolute atomic E-state index is 12.0. The summed E-state index contributed by atoms with van der Waals surface area (Å²) in [6.45, 7) is 2.24. The summed E-state index contributed by atoms with van der Waals surface area (Å²) in [6.07, 6.45) is 0.255. The minimum Gasteiger partial charge on any atom is -0.388 e. The maximum Gasteiger partial charge on any atom is 0.252 e. The van der Waals surface area contributed by atoms with Crippen LogP contribution in [0.25, 0.3) is 0 Å². The predicted molar refractivity (Wildman–Crippen MR) is 87.5 cm³/mol. The van der Waals surface area contributed by atoms with Crippen molar-refractivity contribution >= 4 is 40.4 Å². The van der Waals surface area contributed by atoms with Crippen molar-refractivity contribution in [2.75, 3.05) is 6.54 Å². The molecule has 21 heavy (non-hydrogen) atoms. The molecule has 2 N–H and O–H groups in total. The Bertz CT molecular complexity index is 640. The van der Waals surface area contributed by atoms with Gasteiger partial charge in [-0.3, -0.25) is 4.79 Å². The Labute approximate surface area is 137 Å². The van der Waals surface area contributed by atoms with Gasteiger partial charge in [0.1, 0.15) is 0 Å². The molecule has 1 aromatic heterocycles. The zero-order chi connectivity index (χ0) is 15.4. The smallest absolute Gasteiger partial charge is 0.252 e. The molecular formula is C15H15Cl2NO2S. The summed E-state index contributed by atoms with van der Waals surface area (Å²) in [6, 6.07) is 8.67. The molecule has 0 saturated heterocycles. The van der Waals surface area contributed by atoms with E-state index in [2.05, 4.69) is 5.32 Å². The van der Waals surface area contributed by atoms with E-state index in [0.29, 0.717) is 28.6 Å². The Hall–Kier alpha value is -1.07. The molecule has 0 aliphatic carbocycles. The molecule has 2 rings (SSSR count). The average molecular weight is 344 g/mol. The van der Waals surface area contributed by atoms with E-state index in [9.17, 15) is 9.90 Å². The van der Waals surface area contributed by atoms with Crippen molar-refractivity contribution in [1.29, 1.82) is 0 Å². The molecule has 0 spiro atoms. The highest BCUT2D eigenvalue weighted by molar-refractivity contribution is 7.12. The highest BCUT2D eigenvalue weighted by atomic mass is 35.5. The molecule has 0 aliphatic heterocycles. The zero-order valence-corrected chi connectivity index (χ0v) is 13.7. The normalized spacial score (nSPS) is 12.2. The van der Waals surface area contributed by atoms with E-state index in [1.54, 1.807) is 36.5 Å². The van der Waals surface area contributed by atoms with Gasteiger partial charge in [-0.25, -0.2) is 0 Å². The molecule has 1 atom stereocenters. The number of amides is 1. The lowest BCUT2D eigenvalue weighted by molar-refractivity contribution is 0.0954. The minimum atomic E-state index is -0.455. The molecule has 112 valence electrons. The van der Waals surface area contributed by atoms with Gasteiger partial charge in [-0.1, -0.05) is 23.2 Å². The quantitative estimate of drug-likeness (QED) is 0.859. The Balaban J connectivity index is 1.90. The first-order chi connectivity index (χ1) is 9.97. The van der Waals surface area contributed by atoms with E-state index in [-0.39, 0.29) is 5.91 Å². The van der Waals surface area contributed by atoms with Crippen molar-refractivity contribution in [2.45, 2.75) is 19.4 Å². The van der Waals surface area contributed by atoms with Crippen LogP contribution in [-0.4, -0.2) is 17.6 Å². The third kappa shape index (κ3) is 4.45. The fourth-order valence-electron chi connectivity index (χ4n) is 1.82. The Morgan fingerprint density at radius 1 is 1.33 bits per heavy atom. The van der Waals surface area contributed by atoms with Crippen LogP contribution in [0.4, 0.5) is 0 Å². The molecule has 2 aromatic rings. The van der Waals surface area contributed by atoms with Crippen molar-refractivity contribution < 1.29 is 9.90 Å². The molecule has 0 aliphatic rings. The standard InChI is InChI=1S/C15H15Cl2NO2S/c1-9(19)14-5-3-11(21-14)6-7-18-15(20)12-8-10(16)2-4-13(12)17/h2-5,8-9,19H,6-7H2,1H3,(H,18,20). The lowest BCUT2D eigenvalue weighted by atomic mass is 10.2. The fourth-order valence-corrected chi connectivity index (χ4v) is 3.14. The van der Waals surface area contributed by atoms with Crippen LogP contribution >= 0.6 is 34.5 Å². The number of benzene rings is 1. The van der Waals surface area contributed by atoms with Gasteiger partial charge in [0, 0.05) is 21.3 Å². The molecule has 0 bridgehead atoms. The van der Waals surface area contributed by atoms with E-state index in [1.165, 1.54) is 0 Å². The molecule has 6 heteroatoms. The summed E-state index contributed by atoms with van der Waals surface area (Å²) in [7, 11) is 0. The van der Waals surface area contributed by atoms with Gasteiger partial charge in [-0.2, -0.15) is 0 Å². The molecule has 0 radical (unpaired) electrons. The van der Waals surface area contributed by atoms with Crippen LogP contribution < -0.4 is 5.32 Å². The number of aliphatic hydroxyl groups excluding tert-OH is 1. The second kappa shape index (κ2) is 7.27. The monoisotopic (exact) mass is 343 g/mol. The molecule has 1 amide bonds. The van der Waals surface area contributed by atoms with E-state index in [1.807, 2.05) is 12.1 Å². The largest absolute Gasteiger partial charge is 0.388 e. The predicted octanol–water partition coefficient (Wildman–Crippen LogP) is 4.08. The third-order valence-electron chi connectivity index (χ3n) is 2.92. The first kappa shape index (κ1) is 16.3. The molecule has 3 nitrogen and oxygen atoms in total. The fraction of sp³-hybridized carbons (Fsp3) is 0.267. The van der Waals surface area contributed by atoms with Crippen molar-refractivity contribution in [3.63, 3.8) is 0 Å². The maximum atomic E-state index is 12.0. The van der Waals surface area contributed by atoms with Crippen LogP contribution in [-0.2, 0) is 6.42 Å². The van der Waals surface area contributed by atoms with Gasteiger partial charge in [0.15, 0.2) is 0 Å². The van der Waals surface area contributed by atoms with Crippen molar-refractivity contribution in [3.8, 4) is 0 Å². The molecule has 0 fully saturated rings. The number of nitrogens with one attached hydrogen (secondary N) is 1. The summed E-state index contributed by atoms with van der Waals surface area (Å²) < 4.78 is 0. The Morgan fingerprint density at radius 2 is 2.10 bits per heavy atom. The third-order valence-corrected chi connectivity index (χ3v) is 4.80. The lowest BCUT2D eigenvalue weighted by Gasteiger charge is -2.06. The van der Waals surface area contributed by atoms with Gasteiger partial charge in [-0.05, 0) is 43.7 Å². The number of rotatable bonds is 5. The van der Waals surface area contributed by atoms with Crippen LogP contribution in [0.15, 0.2) is 30.3 Å². The number of carbonyl (C=O) groups is 1. The second-order valence-corrected chi connectivity index (χ2v) is 6.65. The molecule has 1 unspecified atom stereocenters. The van der Waals surface area contributed by atoms with E-state index < -0.39 is 6.10 Å². The summed E-state index contributed by atoms with van der Waals surface area (Å²) in [4.78, 5) is 14.1. The van der Waals surface area contributed by atoms with Gasteiger partial charge >= 0.3 is 0 Å². The summed E-state index contributed by atoms with van der Waals surface area (Å²) in [5.74, 6) is -0.241. The number of halogens is 2. The summed E-state index contributed by atoms with van der Waals surface area (Å²) in [5.41, 5.74) is 0.375. The van der Waals surface area contributed by atoms with Crippen molar-refractivity contribution in [2.24, 2.45) is 0 Å². The van der Waals surface area contributed by atoms with Crippen LogP contribution in [0.3, 0.4) is 0 Å². The molecule has 0 saturated carbocycles. The number of carbonyl (C=O) groups excluding carboxylic acids is 1. The number of hydrogen-bond donors (Lipinski definition) is 2. The van der Waals surface area contributed by atoms with Gasteiger partial charge in [0.2, 0.25) is 0 Å². The van der Waals surface area contributed by atoms with Gasteiger partial charge in [0.25, 0.3) is 5.91 Å². The minimum absolute atomic E-state index is 0.241. The first-order valence-electron chi connectivity index (χ1n) is 6.47. The molecule has 1 aromatic carbocycles.